The third-order valence-corrected chi connectivity index (χ3v) is 5.02. The zero-order chi connectivity index (χ0) is 15.4. The van der Waals surface area contributed by atoms with Gasteiger partial charge in [0.15, 0.2) is 0 Å². The fraction of sp³-hybridized carbons (Fsp3) is 0.467. The average Bonchev–Trinajstić information content (AvgIpc) is 2.34. The summed E-state index contributed by atoms with van der Waals surface area (Å²) in [7, 11) is -3.40. The van der Waals surface area contributed by atoms with Crippen molar-refractivity contribution in [3.8, 4) is 0 Å². The van der Waals surface area contributed by atoms with Crippen LogP contribution >= 0.6 is 0 Å². The summed E-state index contributed by atoms with van der Waals surface area (Å²) in [6.45, 7) is 9.99. The first-order chi connectivity index (χ1) is 9.20. The number of benzene rings is 1. The van der Waals surface area contributed by atoms with E-state index in [-0.39, 0.29) is 5.75 Å². The first kappa shape index (κ1) is 16.9. The molecule has 0 saturated carbocycles. The topological polar surface area (TPSA) is 63.4 Å². The predicted octanol–water partition coefficient (Wildman–Crippen LogP) is 2.26. The Morgan fingerprint density at radius 2 is 1.90 bits per heavy atom. The molecule has 0 amide bonds. The van der Waals surface area contributed by atoms with Gasteiger partial charge in [-0.1, -0.05) is 30.3 Å². The monoisotopic (exact) mass is 296 g/mol. The summed E-state index contributed by atoms with van der Waals surface area (Å²) in [5.41, 5.74) is 6.80. The SMILES string of the molecule is C=CCN(C(C)(C)C)S(=O)(=O)Cc1cccc(CN)c1. The van der Waals surface area contributed by atoms with Gasteiger partial charge in [-0.3, -0.25) is 0 Å². The zero-order valence-corrected chi connectivity index (χ0v) is 13.3. The van der Waals surface area contributed by atoms with Gasteiger partial charge in [0, 0.05) is 18.6 Å². The average molecular weight is 296 g/mol. The lowest BCUT2D eigenvalue weighted by atomic mass is 10.1. The molecule has 0 aliphatic heterocycles. The molecule has 0 aliphatic carbocycles. The van der Waals surface area contributed by atoms with E-state index in [1.807, 2.05) is 45.0 Å². The summed E-state index contributed by atoms with van der Waals surface area (Å²) in [6.07, 6.45) is 1.61. The molecule has 2 N–H and O–H groups in total. The molecule has 20 heavy (non-hydrogen) atoms. The maximum atomic E-state index is 12.6. The largest absolute Gasteiger partial charge is 0.326 e. The summed E-state index contributed by atoms with van der Waals surface area (Å²) in [4.78, 5) is 0. The first-order valence-corrected chi connectivity index (χ1v) is 8.21. The van der Waals surface area contributed by atoms with Gasteiger partial charge in [-0.15, -0.1) is 6.58 Å². The van der Waals surface area contributed by atoms with Crippen molar-refractivity contribution in [3.05, 3.63) is 48.0 Å². The number of rotatable bonds is 6. The van der Waals surface area contributed by atoms with Crippen LogP contribution < -0.4 is 5.73 Å². The summed E-state index contributed by atoms with van der Waals surface area (Å²) in [5, 5.41) is 0. The van der Waals surface area contributed by atoms with E-state index in [9.17, 15) is 8.42 Å². The van der Waals surface area contributed by atoms with Crippen LogP contribution in [0.5, 0.6) is 0 Å². The van der Waals surface area contributed by atoms with Crippen LogP contribution in [0.4, 0.5) is 0 Å². The standard InChI is InChI=1S/C15H24N2O2S/c1-5-9-17(15(2,3)4)20(18,19)12-14-8-6-7-13(10-14)11-16/h5-8,10H,1,9,11-12,16H2,2-4H3. The van der Waals surface area contributed by atoms with Crippen LogP contribution in [0.2, 0.25) is 0 Å². The Labute approximate surface area is 122 Å². The first-order valence-electron chi connectivity index (χ1n) is 6.60. The normalized spacial score (nSPS) is 12.7. The second-order valence-corrected chi connectivity index (χ2v) is 7.66. The second kappa shape index (κ2) is 6.52. The van der Waals surface area contributed by atoms with Gasteiger partial charge in [0.05, 0.1) is 5.75 Å². The summed E-state index contributed by atoms with van der Waals surface area (Å²) >= 11 is 0. The number of sulfonamides is 1. The van der Waals surface area contributed by atoms with Crippen LogP contribution in [0.3, 0.4) is 0 Å². The van der Waals surface area contributed by atoms with Crippen LogP contribution in [0, 0.1) is 0 Å². The molecule has 1 aromatic carbocycles. The van der Waals surface area contributed by atoms with Gasteiger partial charge in [0.1, 0.15) is 0 Å². The molecule has 0 aromatic heterocycles. The van der Waals surface area contributed by atoms with E-state index in [2.05, 4.69) is 6.58 Å². The predicted molar refractivity (Wildman–Crippen MR) is 83.6 cm³/mol. The van der Waals surface area contributed by atoms with E-state index >= 15 is 0 Å². The number of hydrogen-bond donors (Lipinski definition) is 1. The number of nitrogens with zero attached hydrogens (tertiary/aromatic N) is 1. The lowest BCUT2D eigenvalue weighted by Crippen LogP contribution is -2.46. The molecular formula is C15H24N2O2S. The fourth-order valence-corrected chi connectivity index (χ4v) is 3.98. The summed E-state index contributed by atoms with van der Waals surface area (Å²) < 4.78 is 26.6. The molecule has 0 spiro atoms. The quantitative estimate of drug-likeness (QED) is 0.819. The Bertz CT molecular complexity index is 559. The van der Waals surface area contributed by atoms with Gasteiger partial charge in [0.25, 0.3) is 0 Å². The smallest absolute Gasteiger partial charge is 0.219 e. The lowest BCUT2D eigenvalue weighted by Gasteiger charge is -2.33. The molecule has 1 aromatic rings. The molecule has 0 aliphatic rings. The molecule has 112 valence electrons. The Balaban J connectivity index is 3.05. The van der Waals surface area contributed by atoms with Gasteiger partial charge in [0.2, 0.25) is 10.0 Å². The van der Waals surface area contributed by atoms with Crippen LogP contribution in [-0.2, 0) is 22.3 Å². The van der Waals surface area contributed by atoms with Crippen molar-refractivity contribution >= 4 is 10.0 Å². The molecule has 4 nitrogen and oxygen atoms in total. The van der Waals surface area contributed by atoms with Gasteiger partial charge in [-0.25, -0.2) is 8.42 Å². The van der Waals surface area contributed by atoms with E-state index in [0.717, 1.165) is 11.1 Å². The van der Waals surface area contributed by atoms with Gasteiger partial charge in [-0.05, 0) is 31.9 Å². The van der Waals surface area contributed by atoms with E-state index in [1.165, 1.54) is 4.31 Å². The molecule has 0 fully saturated rings. The molecule has 5 heteroatoms. The minimum atomic E-state index is -3.40. The van der Waals surface area contributed by atoms with Crippen LogP contribution in [-0.4, -0.2) is 24.8 Å². The summed E-state index contributed by atoms with van der Waals surface area (Å²) in [6, 6.07) is 7.38. The Morgan fingerprint density at radius 1 is 1.30 bits per heavy atom. The molecule has 0 heterocycles. The van der Waals surface area contributed by atoms with Gasteiger partial charge >= 0.3 is 0 Å². The molecule has 0 bridgehead atoms. The van der Waals surface area contributed by atoms with Crippen molar-refractivity contribution in [3.63, 3.8) is 0 Å². The van der Waals surface area contributed by atoms with Crippen molar-refractivity contribution in [1.82, 2.24) is 4.31 Å². The molecule has 1 rings (SSSR count). The van der Waals surface area contributed by atoms with Crippen molar-refractivity contribution in [2.75, 3.05) is 6.54 Å². The Hall–Kier alpha value is -1.17. The molecule has 0 radical (unpaired) electrons. The van der Waals surface area contributed by atoms with Gasteiger partial charge in [-0.2, -0.15) is 4.31 Å². The highest BCUT2D eigenvalue weighted by Gasteiger charge is 2.31. The lowest BCUT2D eigenvalue weighted by molar-refractivity contribution is 0.269. The van der Waals surface area contributed by atoms with E-state index < -0.39 is 15.6 Å². The third-order valence-electron chi connectivity index (χ3n) is 2.96. The highest BCUT2D eigenvalue weighted by molar-refractivity contribution is 7.88. The Kier molecular flexibility index (Phi) is 5.50. The Morgan fingerprint density at radius 3 is 2.40 bits per heavy atom. The maximum absolute atomic E-state index is 12.6. The molecule has 0 atom stereocenters. The maximum Gasteiger partial charge on any atom is 0.219 e. The fourth-order valence-electron chi connectivity index (χ4n) is 2.06. The molecular weight excluding hydrogens is 272 g/mol. The van der Waals surface area contributed by atoms with E-state index in [1.54, 1.807) is 6.08 Å². The third kappa shape index (κ3) is 4.44. The highest BCUT2D eigenvalue weighted by Crippen LogP contribution is 2.21. The van der Waals surface area contributed by atoms with Crippen molar-refractivity contribution < 1.29 is 8.42 Å². The van der Waals surface area contributed by atoms with Crippen LogP contribution in [0.1, 0.15) is 31.9 Å². The van der Waals surface area contributed by atoms with Crippen molar-refractivity contribution in [2.45, 2.75) is 38.6 Å². The number of hydrogen-bond acceptors (Lipinski definition) is 3. The van der Waals surface area contributed by atoms with Gasteiger partial charge < -0.3 is 5.73 Å². The van der Waals surface area contributed by atoms with Crippen LogP contribution in [0.25, 0.3) is 0 Å². The molecule has 0 unspecified atom stereocenters. The number of nitrogens with two attached hydrogens (primary N) is 1. The minimum absolute atomic E-state index is 0.0219. The molecule has 0 saturated heterocycles. The second-order valence-electron chi connectivity index (χ2n) is 5.77. The van der Waals surface area contributed by atoms with Crippen molar-refractivity contribution in [2.24, 2.45) is 5.73 Å². The highest BCUT2D eigenvalue weighted by atomic mass is 32.2. The summed E-state index contributed by atoms with van der Waals surface area (Å²) in [5.74, 6) is -0.0219. The van der Waals surface area contributed by atoms with E-state index in [0.29, 0.717) is 13.1 Å². The van der Waals surface area contributed by atoms with Crippen molar-refractivity contribution in [1.29, 1.82) is 0 Å². The van der Waals surface area contributed by atoms with E-state index in [4.69, 9.17) is 5.73 Å². The zero-order valence-electron chi connectivity index (χ0n) is 12.5. The van der Waals surface area contributed by atoms with Crippen LogP contribution in [0.15, 0.2) is 36.9 Å². The minimum Gasteiger partial charge on any atom is -0.326 e.